The number of hydrogen-bond donors (Lipinski definition) is 3. The SMILES string of the molecule is C=C(N)/N=C(\C(C#Cc1ccc(N)nc1)=C(\C)N)c1ccc(S(=O)(=O)C(C)C)cc1. The molecule has 0 saturated heterocycles. The minimum Gasteiger partial charge on any atom is -0.401 e. The number of aromatic nitrogens is 1. The number of anilines is 1. The molecule has 6 N–H and O–H groups in total. The quantitative estimate of drug-likeness (QED) is 0.498. The van der Waals surface area contributed by atoms with Crippen molar-refractivity contribution in [2.24, 2.45) is 16.5 Å². The maximum absolute atomic E-state index is 12.4. The second kappa shape index (κ2) is 9.29. The van der Waals surface area contributed by atoms with Gasteiger partial charge in [0.15, 0.2) is 9.84 Å². The fourth-order valence-electron chi connectivity index (χ4n) is 2.44. The highest BCUT2D eigenvalue weighted by atomic mass is 32.2. The maximum Gasteiger partial charge on any atom is 0.180 e. The number of pyridine rings is 1. The number of nitrogens with two attached hydrogens (primary N) is 3. The monoisotopic (exact) mass is 423 g/mol. The zero-order valence-electron chi connectivity index (χ0n) is 17.2. The second-order valence-corrected chi connectivity index (χ2v) is 9.35. The molecule has 30 heavy (non-hydrogen) atoms. The maximum atomic E-state index is 12.4. The van der Waals surface area contributed by atoms with Gasteiger partial charge in [-0.15, -0.1) is 0 Å². The fraction of sp³-hybridized carbons (Fsp3) is 0.182. The predicted molar refractivity (Wildman–Crippen MR) is 121 cm³/mol. The summed E-state index contributed by atoms with van der Waals surface area (Å²) in [5.74, 6) is 6.44. The van der Waals surface area contributed by atoms with Gasteiger partial charge in [0.25, 0.3) is 0 Å². The van der Waals surface area contributed by atoms with Gasteiger partial charge in [-0.3, -0.25) is 0 Å². The Balaban J connectivity index is 2.55. The van der Waals surface area contributed by atoms with E-state index in [1.807, 2.05) is 0 Å². The van der Waals surface area contributed by atoms with Gasteiger partial charge in [-0.05, 0) is 45.0 Å². The molecule has 0 bridgehead atoms. The van der Waals surface area contributed by atoms with Gasteiger partial charge in [-0.2, -0.15) is 0 Å². The molecule has 0 fully saturated rings. The van der Waals surface area contributed by atoms with Crippen LogP contribution in [0.3, 0.4) is 0 Å². The van der Waals surface area contributed by atoms with Crippen molar-refractivity contribution in [3.8, 4) is 11.8 Å². The topological polar surface area (TPSA) is 137 Å². The standard InChI is InChI=1S/C22H25N5O2S/c1-14(2)30(28,29)19-9-7-18(8-10-19)22(27-16(4)24)20(15(3)23)11-5-17-6-12-21(25)26-13-17/h6-10,12-14H,4,23-24H2,1-3H3,(H2,25,26)/b20-15-,27-22-. The van der Waals surface area contributed by atoms with Crippen LogP contribution in [0.5, 0.6) is 0 Å². The second-order valence-electron chi connectivity index (χ2n) is 6.85. The average molecular weight is 424 g/mol. The van der Waals surface area contributed by atoms with Crippen molar-refractivity contribution in [3.05, 3.63) is 77.4 Å². The predicted octanol–water partition coefficient (Wildman–Crippen LogP) is 2.35. The molecule has 0 saturated carbocycles. The zero-order chi connectivity index (χ0) is 22.5. The lowest BCUT2D eigenvalue weighted by molar-refractivity contribution is 0.587. The van der Waals surface area contributed by atoms with Crippen LogP contribution in [0.2, 0.25) is 0 Å². The van der Waals surface area contributed by atoms with E-state index in [0.29, 0.717) is 33.9 Å². The Morgan fingerprint density at radius 1 is 1.13 bits per heavy atom. The summed E-state index contributed by atoms with van der Waals surface area (Å²) in [4.78, 5) is 8.53. The first kappa shape index (κ1) is 22.7. The third-order valence-electron chi connectivity index (χ3n) is 4.08. The first-order valence-corrected chi connectivity index (χ1v) is 10.6. The van der Waals surface area contributed by atoms with Crippen molar-refractivity contribution in [1.82, 2.24) is 4.98 Å². The molecule has 2 aromatic rings. The highest BCUT2D eigenvalue weighted by Gasteiger charge is 2.20. The van der Waals surface area contributed by atoms with Gasteiger partial charge in [-0.25, -0.2) is 18.4 Å². The van der Waals surface area contributed by atoms with Crippen LogP contribution in [0.4, 0.5) is 5.82 Å². The van der Waals surface area contributed by atoms with E-state index >= 15 is 0 Å². The molecule has 1 heterocycles. The van der Waals surface area contributed by atoms with Crippen molar-refractivity contribution >= 4 is 21.4 Å². The van der Waals surface area contributed by atoms with E-state index in [1.54, 1.807) is 51.2 Å². The summed E-state index contributed by atoms with van der Waals surface area (Å²) in [6.07, 6.45) is 1.55. The van der Waals surface area contributed by atoms with Crippen molar-refractivity contribution in [1.29, 1.82) is 0 Å². The van der Waals surface area contributed by atoms with E-state index < -0.39 is 15.1 Å². The zero-order valence-corrected chi connectivity index (χ0v) is 18.0. The molecule has 0 spiro atoms. The Bertz CT molecular complexity index is 1160. The molecule has 0 radical (unpaired) electrons. The number of benzene rings is 1. The largest absolute Gasteiger partial charge is 0.401 e. The van der Waals surface area contributed by atoms with Gasteiger partial charge in [0.1, 0.15) is 11.6 Å². The molecular formula is C22H25N5O2S. The number of allylic oxidation sites excluding steroid dienone is 2. The van der Waals surface area contributed by atoms with E-state index in [0.717, 1.165) is 0 Å². The van der Waals surface area contributed by atoms with Crippen LogP contribution in [-0.2, 0) is 9.84 Å². The molecule has 0 aliphatic rings. The molecule has 0 unspecified atom stereocenters. The third-order valence-corrected chi connectivity index (χ3v) is 6.25. The molecule has 1 aromatic heterocycles. The molecule has 8 heteroatoms. The first-order chi connectivity index (χ1) is 14.0. The van der Waals surface area contributed by atoms with Crippen molar-refractivity contribution in [3.63, 3.8) is 0 Å². The number of aliphatic imine (C=N–C) groups is 1. The van der Waals surface area contributed by atoms with Gasteiger partial charge in [-0.1, -0.05) is 30.6 Å². The molecule has 2 rings (SSSR count). The summed E-state index contributed by atoms with van der Waals surface area (Å²) in [6, 6.07) is 9.73. The van der Waals surface area contributed by atoms with Gasteiger partial charge in [0, 0.05) is 23.0 Å². The Morgan fingerprint density at radius 2 is 1.77 bits per heavy atom. The van der Waals surface area contributed by atoms with Crippen LogP contribution in [0.15, 0.2) is 76.2 Å². The Kier molecular flexibility index (Phi) is 7.03. The van der Waals surface area contributed by atoms with Crippen LogP contribution in [-0.4, -0.2) is 24.4 Å². The lowest BCUT2D eigenvalue weighted by atomic mass is 10.0. The number of nitrogens with zero attached hydrogens (tertiary/aromatic N) is 2. The molecule has 0 aliphatic heterocycles. The van der Waals surface area contributed by atoms with Crippen molar-refractivity contribution < 1.29 is 8.42 Å². The van der Waals surface area contributed by atoms with Crippen molar-refractivity contribution in [2.45, 2.75) is 30.9 Å². The summed E-state index contributed by atoms with van der Waals surface area (Å²) in [6.45, 7) is 8.59. The van der Waals surface area contributed by atoms with E-state index in [1.165, 1.54) is 12.1 Å². The fourth-order valence-corrected chi connectivity index (χ4v) is 3.50. The molecule has 156 valence electrons. The molecule has 0 aliphatic carbocycles. The van der Waals surface area contributed by atoms with Gasteiger partial charge >= 0.3 is 0 Å². The Hall–Kier alpha value is -3.57. The number of rotatable bonds is 5. The smallest absolute Gasteiger partial charge is 0.180 e. The summed E-state index contributed by atoms with van der Waals surface area (Å²) < 4.78 is 24.8. The van der Waals surface area contributed by atoms with E-state index in [2.05, 4.69) is 28.4 Å². The minimum atomic E-state index is -3.39. The highest BCUT2D eigenvalue weighted by Crippen LogP contribution is 2.19. The average Bonchev–Trinajstić information content (AvgIpc) is 2.68. The van der Waals surface area contributed by atoms with E-state index in [4.69, 9.17) is 17.2 Å². The summed E-state index contributed by atoms with van der Waals surface area (Å²) in [5, 5.41) is -0.526. The third kappa shape index (κ3) is 5.49. The van der Waals surface area contributed by atoms with Crippen molar-refractivity contribution in [2.75, 3.05) is 5.73 Å². The van der Waals surface area contributed by atoms with Crippen LogP contribution < -0.4 is 17.2 Å². The van der Waals surface area contributed by atoms with Gasteiger partial charge < -0.3 is 17.2 Å². The van der Waals surface area contributed by atoms with Crippen LogP contribution in [0.1, 0.15) is 31.9 Å². The van der Waals surface area contributed by atoms with E-state index in [-0.39, 0.29) is 10.7 Å². The lowest BCUT2D eigenvalue weighted by Crippen LogP contribution is -2.15. The van der Waals surface area contributed by atoms with Crippen LogP contribution >= 0.6 is 0 Å². The summed E-state index contributed by atoms with van der Waals surface area (Å²) >= 11 is 0. The van der Waals surface area contributed by atoms with E-state index in [9.17, 15) is 8.42 Å². The number of nitrogen functional groups attached to an aromatic ring is 1. The normalized spacial score (nSPS) is 12.7. The Morgan fingerprint density at radius 3 is 2.23 bits per heavy atom. The number of hydrogen-bond acceptors (Lipinski definition) is 7. The van der Waals surface area contributed by atoms with Gasteiger partial charge in [0.05, 0.1) is 21.4 Å². The van der Waals surface area contributed by atoms with Crippen LogP contribution in [0.25, 0.3) is 0 Å². The minimum absolute atomic E-state index is 0.0681. The van der Waals surface area contributed by atoms with Crippen LogP contribution in [0, 0.1) is 11.8 Å². The first-order valence-electron chi connectivity index (χ1n) is 9.10. The Labute approximate surface area is 177 Å². The molecule has 1 aromatic carbocycles. The molecule has 0 atom stereocenters. The number of sulfone groups is 1. The molecular weight excluding hydrogens is 398 g/mol. The summed E-state index contributed by atoms with van der Waals surface area (Å²) in [5.41, 5.74) is 19.9. The molecule has 7 nitrogen and oxygen atoms in total. The van der Waals surface area contributed by atoms with Gasteiger partial charge in [0.2, 0.25) is 0 Å². The lowest BCUT2D eigenvalue weighted by Gasteiger charge is -2.11. The summed E-state index contributed by atoms with van der Waals surface area (Å²) in [7, 11) is -3.39. The molecule has 0 amide bonds. The highest BCUT2D eigenvalue weighted by molar-refractivity contribution is 7.92.